The van der Waals surface area contributed by atoms with Gasteiger partial charge in [0, 0.05) is 24.7 Å². The lowest BCUT2D eigenvalue weighted by molar-refractivity contribution is 0.0588. The molecule has 124 valence electrons. The molecule has 23 heavy (non-hydrogen) atoms. The van der Waals surface area contributed by atoms with E-state index in [1.165, 1.54) is 0 Å². The molecule has 2 N–H and O–H groups in total. The fraction of sp³-hybridized carbons (Fsp3) is 0.444. The predicted molar refractivity (Wildman–Crippen MR) is 90.7 cm³/mol. The molecule has 0 aliphatic heterocycles. The van der Waals surface area contributed by atoms with Crippen molar-refractivity contribution < 1.29 is 14.6 Å². The number of fused-ring (bicyclic) bond motifs is 1. The van der Waals surface area contributed by atoms with Crippen molar-refractivity contribution in [3.8, 4) is 0 Å². The van der Waals surface area contributed by atoms with Crippen molar-refractivity contribution in [1.82, 2.24) is 10.3 Å². The first-order chi connectivity index (χ1) is 11.0. The fourth-order valence-corrected chi connectivity index (χ4v) is 2.40. The summed E-state index contributed by atoms with van der Waals surface area (Å²) < 4.78 is 4.87. The molecule has 0 saturated carbocycles. The van der Waals surface area contributed by atoms with E-state index in [9.17, 15) is 9.90 Å². The number of carbonyl (C=O) groups excluding carboxylic acids is 1. The molecule has 5 heteroatoms. The maximum atomic E-state index is 12.5. The predicted octanol–water partition coefficient (Wildman–Crippen LogP) is 2.49. The summed E-state index contributed by atoms with van der Waals surface area (Å²) in [5, 5.41) is 13.3. The third-order valence-corrected chi connectivity index (χ3v) is 3.69. The number of ether oxygens (including phenoxy) is 1. The average Bonchev–Trinajstić information content (AvgIpc) is 2.53. The van der Waals surface area contributed by atoms with Gasteiger partial charge < -0.3 is 15.2 Å². The number of nitrogens with zero attached hydrogens (tertiary/aromatic N) is 1. The molecule has 1 aromatic heterocycles. The van der Waals surface area contributed by atoms with E-state index in [0.29, 0.717) is 18.5 Å². The average molecular weight is 316 g/mol. The Hall–Kier alpha value is -1.98. The second kappa shape index (κ2) is 8.04. The minimum Gasteiger partial charge on any atom is -0.391 e. The molecule has 0 aliphatic rings. The van der Waals surface area contributed by atoms with Gasteiger partial charge in [-0.2, -0.15) is 0 Å². The van der Waals surface area contributed by atoms with Crippen LogP contribution in [0.25, 0.3) is 10.9 Å². The van der Waals surface area contributed by atoms with Crippen LogP contribution in [-0.4, -0.2) is 42.4 Å². The van der Waals surface area contributed by atoms with Gasteiger partial charge in [-0.05, 0) is 24.5 Å². The highest BCUT2D eigenvalue weighted by Crippen LogP contribution is 2.22. The van der Waals surface area contributed by atoms with Gasteiger partial charge in [0.2, 0.25) is 0 Å². The van der Waals surface area contributed by atoms with Crippen LogP contribution in [0.15, 0.2) is 30.3 Å². The summed E-state index contributed by atoms with van der Waals surface area (Å²) in [5.74, 6) is 0.102. The number of aliphatic hydroxyl groups is 1. The first-order valence-corrected chi connectivity index (χ1v) is 7.87. The van der Waals surface area contributed by atoms with Gasteiger partial charge >= 0.3 is 0 Å². The number of para-hydroxylation sites is 1. The number of methoxy groups -OCH3 is 1. The van der Waals surface area contributed by atoms with Crippen molar-refractivity contribution in [2.45, 2.75) is 32.3 Å². The van der Waals surface area contributed by atoms with Gasteiger partial charge in [-0.25, -0.2) is 0 Å². The lowest BCUT2D eigenvalue weighted by Crippen LogP contribution is -2.28. The van der Waals surface area contributed by atoms with Crippen LogP contribution in [0, 0.1) is 0 Å². The Labute approximate surface area is 136 Å². The van der Waals surface area contributed by atoms with E-state index in [1.807, 2.05) is 30.3 Å². The molecule has 0 fully saturated rings. The van der Waals surface area contributed by atoms with Crippen LogP contribution in [0.2, 0.25) is 0 Å². The van der Waals surface area contributed by atoms with Gasteiger partial charge in [-0.1, -0.05) is 32.0 Å². The summed E-state index contributed by atoms with van der Waals surface area (Å²) in [5.41, 5.74) is 2.34. The Balaban J connectivity index is 2.18. The van der Waals surface area contributed by atoms with Crippen molar-refractivity contribution in [3.63, 3.8) is 0 Å². The van der Waals surface area contributed by atoms with Crippen LogP contribution in [0.1, 0.15) is 42.2 Å². The number of nitrogens with one attached hydrogen (secondary N) is 1. The molecule has 0 saturated heterocycles. The van der Waals surface area contributed by atoms with Crippen molar-refractivity contribution in [3.05, 3.63) is 41.6 Å². The molecule has 1 heterocycles. The summed E-state index contributed by atoms with van der Waals surface area (Å²) in [6, 6.07) is 9.50. The van der Waals surface area contributed by atoms with Gasteiger partial charge in [0.1, 0.15) is 0 Å². The topological polar surface area (TPSA) is 71.5 Å². The third kappa shape index (κ3) is 4.50. The molecule has 2 rings (SSSR count). The van der Waals surface area contributed by atoms with Gasteiger partial charge in [0.15, 0.2) is 0 Å². The van der Waals surface area contributed by atoms with Crippen LogP contribution in [-0.2, 0) is 4.74 Å². The highest BCUT2D eigenvalue weighted by Gasteiger charge is 2.14. The number of pyridine rings is 1. The van der Waals surface area contributed by atoms with E-state index in [2.05, 4.69) is 24.1 Å². The molecule has 0 spiro atoms. The Kier molecular flexibility index (Phi) is 6.07. The highest BCUT2D eigenvalue weighted by atomic mass is 16.5. The van der Waals surface area contributed by atoms with E-state index in [-0.39, 0.29) is 18.4 Å². The number of aliphatic hydroxyl groups excluding tert-OH is 1. The molecule has 1 amide bonds. The Morgan fingerprint density at radius 3 is 2.78 bits per heavy atom. The fourth-order valence-electron chi connectivity index (χ4n) is 2.40. The smallest absolute Gasteiger partial charge is 0.252 e. The number of amides is 1. The van der Waals surface area contributed by atoms with E-state index in [1.54, 1.807) is 7.11 Å². The largest absolute Gasteiger partial charge is 0.391 e. The molecular formula is C18H24N2O3. The van der Waals surface area contributed by atoms with Gasteiger partial charge in [0.25, 0.3) is 5.91 Å². The monoisotopic (exact) mass is 316 g/mol. The first kappa shape index (κ1) is 17.4. The minimum absolute atomic E-state index is 0.143. The number of aromatic nitrogens is 1. The van der Waals surface area contributed by atoms with Gasteiger partial charge in [-0.3, -0.25) is 9.78 Å². The van der Waals surface area contributed by atoms with Crippen LogP contribution in [0.3, 0.4) is 0 Å². The highest BCUT2D eigenvalue weighted by molar-refractivity contribution is 6.06. The maximum Gasteiger partial charge on any atom is 0.252 e. The van der Waals surface area contributed by atoms with Crippen molar-refractivity contribution in [2.24, 2.45) is 0 Å². The molecule has 0 bridgehead atoms. The molecule has 0 aliphatic carbocycles. The summed E-state index contributed by atoms with van der Waals surface area (Å²) >= 11 is 0. The molecule has 1 unspecified atom stereocenters. The molecule has 1 atom stereocenters. The quantitative estimate of drug-likeness (QED) is 0.823. The zero-order valence-corrected chi connectivity index (χ0v) is 13.9. The zero-order chi connectivity index (χ0) is 16.8. The number of benzene rings is 1. The lowest BCUT2D eigenvalue weighted by atomic mass is 10.0. The Bertz CT molecular complexity index is 670. The standard InChI is InChI=1S/C18H24N2O3/c1-12(2)17-10-15(14-6-4-5-7-16(14)20-17)18(22)19-9-8-13(21)11-23-3/h4-7,10,12-13,21H,8-9,11H2,1-3H3,(H,19,22). The molecule has 1 aromatic carbocycles. The minimum atomic E-state index is -0.569. The summed E-state index contributed by atoms with van der Waals surface area (Å²) in [6.07, 6.45) is -0.111. The number of carbonyl (C=O) groups is 1. The molecular weight excluding hydrogens is 292 g/mol. The summed E-state index contributed by atoms with van der Waals surface area (Å²) in [4.78, 5) is 17.1. The zero-order valence-electron chi connectivity index (χ0n) is 13.9. The van der Waals surface area contributed by atoms with E-state index in [4.69, 9.17) is 4.74 Å². The lowest BCUT2D eigenvalue weighted by Gasteiger charge is -2.13. The van der Waals surface area contributed by atoms with Crippen molar-refractivity contribution in [2.75, 3.05) is 20.3 Å². The van der Waals surface area contributed by atoms with Gasteiger partial charge in [-0.15, -0.1) is 0 Å². The Morgan fingerprint density at radius 2 is 2.09 bits per heavy atom. The number of hydrogen-bond donors (Lipinski definition) is 2. The first-order valence-electron chi connectivity index (χ1n) is 7.87. The third-order valence-electron chi connectivity index (χ3n) is 3.69. The van der Waals surface area contributed by atoms with Crippen LogP contribution in [0.5, 0.6) is 0 Å². The molecule has 5 nitrogen and oxygen atoms in total. The van der Waals surface area contributed by atoms with Crippen LogP contribution < -0.4 is 5.32 Å². The summed E-state index contributed by atoms with van der Waals surface area (Å²) in [6.45, 7) is 4.78. The van der Waals surface area contributed by atoms with Crippen LogP contribution in [0.4, 0.5) is 0 Å². The number of rotatable bonds is 7. The number of hydrogen-bond acceptors (Lipinski definition) is 4. The van der Waals surface area contributed by atoms with Crippen molar-refractivity contribution >= 4 is 16.8 Å². The Morgan fingerprint density at radius 1 is 1.35 bits per heavy atom. The SMILES string of the molecule is COCC(O)CCNC(=O)c1cc(C(C)C)nc2ccccc12. The second-order valence-corrected chi connectivity index (χ2v) is 5.92. The normalized spacial score (nSPS) is 12.6. The van der Waals surface area contributed by atoms with E-state index < -0.39 is 6.10 Å². The molecule has 2 aromatic rings. The summed E-state index contributed by atoms with van der Waals surface area (Å²) in [7, 11) is 1.54. The molecule has 0 radical (unpaired) electrons. The second-order valence-electron chi connectivity index (χ2n) is 5.92. The van der Waals surface area contributed by atoms with Crippen LogP contribution >= 0.6 is 0 Å². The van der Waals surface area contributed by atoms with Crippen molar-refractivity contribution in [1.29, 1.82) is 0 Å². The van der Waals surface area contributed by atoms with E-state index >= 15 is 0 Å². The maximum absolute atomic E-state index is 12.5. The van der Waals surface area contributed by atoms with Gasteiger partial charge in [0.05, 0.1) is 23.8 Å². The van der Waals surface area contributed by atoms with E-state index in [0.717, 1.165) is 16.6 Å².